The van der Waals surface area contributed by atoms with Crippen molar-refractivity contribution in [3.8, 4) is 0 Å². The van der Waals surface area contributed by atoms with E-state index < -0.39 is 81.4 Å². The van der Waals surface area contributed by atoms with Crippen LogP contribution in [-0.2, 0) is 52.0 Å². The monoisotopic (exact) mass is 759 g/mol. The Balaban J connectivity index is 1.24. The molecular weight excluding hydrogens is 709 g/mol. The van der Waals surface area contributed by atoms with E-state index in [4.69, 9.17) is 9.47 Å². The van der Waals surface area contributed by atoms with Gasteiger partial charge >= 0.3 is 22.3 Å². The zero-order valence-electron chi connectivity index (χ0n) is 30.3. The zero-order valence-corrected chi connectivity index (χ0v) is 31.1. The molecule has 1 saturated heterocycles. The number of benzene rings is 1. The van der Waals surface area contributed by atoms with Crippen LogP contribution < -0.4 is 14.8 Å². The molecule has 3 aliphatic heterocycles. The van der Waals surface area contributed by atoms with Gasteiger partial charge in [-0.1, -0.05) is 37.1 Å². The van der Waals surface area contributed by atoms with E-state index >= 15 is 0 Å². The summed E-state index contributed by atoms with van der Waals surface area (Å²) in [5.74, 6) is -4.30. The molecule has 3 N–H and O–H groups in total. The van der Waals surface area contributed by atoms with Crippen LogP contribution in [0.3, 0.4) is 0 Å². The summed E-state index contributed by atoms with van der Waals surface area (Å²) in [5, 5.41) is 2.78. The fourth-order valence-electron chi connectivity index (χ4n) is 8.02. The largest absolute Gasteiger partial charge is 0.462 e. The highest BCUT2D eigenvalue weighted by Crippen LogP contribution is 2.46. The lowest BCUT2D eigenvalue weighted by molar-refractivity contribution is -0.154. The van der Waals surface area contributed by atoms with Gasteiger partial charge in [-0.2, -0.15) is 13.1 Å². The molecule has 0 radical (unpaired) electrons. The van der Waals surface area contributed by atoms with Gasteiger partial charge in [-0.05, 0) is 76.8 Å². The lowest BCUT2D eigenvalue weighted by Gasteiger charge is -2.29. The van der Waals surface area contributed by atoms with Crippen molar-refractivity contribution in [3.05, 3.63) is 47.3 Å². The second-order valence-electron chi connectivity index (χ2n) is 15.3. The predicted molar refractivity (Wildman–Crippen MR) is 189 cm³/mol. The van der Waals surface area contributed by atoms with Crippen LogP contribution in [0.5, 0.6) is 0 Å². The van der Waals surface area contributed by atoms with E-state index in [0.29, 0.717) is 30.4 Å². The number of fused-ring (bicyclic) bond motifs is 3. The van der Waals surface area contributed by atoms with Crippen LogP contribution in [0.4, 0.5) is 9.18 Å². The molecule has 0 aromatic heterocycles. The van der Waals surface area contributed by atoms with Crippen LogP contribution in [-0.4, -0.2) is 84.4 Å². The maximum atomic E-state index is 14.4. The van der Waals surface area contributed by atoms with Gasteiger partial charge in [0.25, 0.3) is 5.91 Å². The molecule has 53 heavy (non-hydrogen) atoms. The van der Waals surface area contributed by atoms with Crippen molar-refractivity contribution < 1.29 is 46.3 Å². The number of rotatable bonds is 8. The Morgan fingerprint density at radius 2 is 1.77 bits per heavy atom. The van der Waals surface area contributed by atoms with Gasteiger partial charge in [0.1, 0.15) is 29.6 Å². The van der Waals surface area contributed by atoms with E-state index in [2.05, 4.69) is 10.0 Å². The number of hydrogen-bond acceptors (Lipinski definition) is 9. The molecule has 14 nitrogen and oxygen atoms in total. The van der Waals surface area contributed by atoms with Crippen LogP contribution in [0.15, 0.2) is 30.4 Å². The van der Waals surface area contributed by atoms with E-state index in [9.17, 15) is 36.8 Å². The minimum Gasteiger partial charge on any atom is -0.462 e. The minimum absolute atomic E-state index is 0.00636. The molecule has 16 heteroatoms. The molecule has 1 aromatic carbocycles. The summed E-state index contributed by atoms with van der Waals surface area (Å²) in [5.41, 5.74) is -0.545. The summed E-state index contributed by atoms with van der Waals surface area (Å²) >= 11 is 0. The average Bonchev–Trinajstić information content (AvgIpc) is 3.51. The molecule has 4 amide bonds. The molecule has 5 atom stereocenters. The third-order valence-electron chi connectivity index (χ3n) is 10.8. The normalized spacial score (nSPS) is 28.6. The second-order valence-corrected chi connectivity index (χ2v) is 16.8. The molecule has 0 spiro atoms. The first kappa shape index (κ1) is 38.7. The Morgan fingerprint density at radius 3 is 2.51 bits per heavy atom. The van der Waals surface area contributed by atoms with Gasteiger partial charge in [-0.15, -0.1) is 0 Å². The number of nitrogens with one attached hydrogen (secondary N) is 3. The highest BCUT2D eigenvalue weighted by molar-refractivity contribution is 7.88. The number of halogens is 1. The molecule has 2 aliphatic carbocycles. The summed E-state index contributed by atoms with van der Waals surface area (Å²) < 4.78 is 55.8. The van der Waals surface area contributed by atoms with Gasteiger partial charge in [-0.3, -0.25) is 24.1 Å². The first-order valence-electron chi connectivity index (χ1n) is 18.8. The van der Waals surface area contributed by atoms with Crippen molar-refractivity contribution in [3.63, 3.8) is 0 Å². The maximum Gasteiger partial charge on any atom is 0.410 e. The van der Waals surface area contributed by atoms with Crippen LogP contribution >= 0.6 is 0 Å². The topological polar surface area (TPSA) is 181 Å². The number of ether oxygens (including phenoxy) is 2. The first-order chi connectivity index (χ1) is 25.2. The van der Waals surface area contributed by atoms with Gasteiger partial charge in [0.2, 0.25) is 11.8 Å². The Hall–Kier alpha value is -4.05. The van der Waals surface area contributed by atoms with Crippen molar-refractivity contribution in [1.82, 2.24) is 24.6 Å². The van der Waals surface area contributed by atoms with Gasteiger partial charge in [0.05, 0.1) is 19.5 Å². The number of carbonyl (C=O) groups is 5. The van der Waals surface area contributed by atoms with Crippen LogP contribution in [0.2, 0.25) is 0 Å². The van der Waals surface area contributed by atoms with Crippen molar-refractivity contribution in [2.75, 3.05) is 6.54 Å². The predicted octanol–water partition coefficient (Wildman–Crippen LogP) is 3.49. The maximum absolute atomic E-state index is 14.4. The van der Waals surface area contributed by atoms with E-state index in [1.165, 1.54) is 15.9 Å². The molecular formula is C37H50FN5O9S. The number of nitrogens with zero attached hydrogens (tertiary/aromatic N) is 2. The Kier molecular flexibility index (Phi) is 11.8. The number of esters is 1. The zero-order chi connectivity index (χ0) is 37.9. The Morgan fingerprint density at radius 1 is 1.02 bits per heavy atom. The van der Waals surface area contributed by atoms with Crippen LogP contribution in [0, 0.1) is 17.7 Å². The summed E-state index contributed by atoms with van der Waals surface area (Å²) in [7, 11) is -4.25. The highest BCUT2D eigenvalue weighted by Gasteiger charge is 2.61. The molecule has 290 valence electrons. The molecule has 0 bridgehead atoms. The summed E-state index contributed by atoms with van der Waals surface area (Å²) in [6.07, 6.45) is 8.47. The minimum atomic E-state index is -4.25. The number of carbonyl (C=O) groups excluding carboxylic acids is 5. The fourth-order valence-corrected chi connectivity index (χ4v) is 9.12. The summed E-state index contributed by atoms with van der Waals surface area (Å²) in [6.45, 7) is 3.20. The van der Waals surface area contributed by atoms with Gasteiger partial charge in [-0.25, -0.2) is 13.9 Å². The van der Waals surface area contributed by atoms with Crippen molar-refractivity contribution in [2.24, 2.45) is 11.8 Å². The lowest BCUT2D eigenvalue weighted by Crippen LogP contribution is -2.58. The molecule has 3 heterocycles. The van der Waals surface area contributed by atoms with Gasteiger partial charge in [0.15, 0.2) is 0 Å². The Bertz CT molecular complexity index is 1730. The molecule has 0 unspecified atom stereocenters. The number of hydrogen-bond donors (Lipinski definition) is 3. The van der Waals surface area contributed by atoms with E-state index in [0.717, 1.165) is 38.5 Å². The molecule has 1 aromatic rings. The van der Waals surface area contributed by atoms with Crippen LogP contribution in [0.1, 0.15) is 102 Å². The smallest absolute Gasteiger partial charge is 0.410 e. The third-order valence-corrected chi connectivity index (χ3v) is 12.1. The number of amides is 4. The lowest BCUT2D eigenvalue weighted by atomic mass is 9.95. The standard InChI is InChI=1S/C37H50FN5O9S/c1-23(2)40-53(49,50)41-35(47)37-19-26(37)13-7-5-3-4-6-11-24(17-32(44)51-27-14-8-9-15-27)34(46)43-21-28(18-31(43)33(45)39-37)52-36(48)42-20-25-12-10-16-30(38)29(25)22-42/h7,10,12-13,16,23-24,26-28,31,40H,3-6,8-9,11,14-15,17-22H2,1-2H3,(H,39,45)(H,41,47)/b13-7-/t24-,26+,28-,31+,37-/m1/s1. The third kappa shape index (κ3) is 9.19. The number of allylic oxidation sites excluding steroid dienone is 1. The second kappa shape index (κ2) is 16.1. The van der Waals surface area contributed by atoms with Gasteiger partial charge in [0, 0.05) is 36.4 Å². The highest BCUT2D eigenvalue weighted by atomic mass is 32.2. The quantitative estimate of drug-likeness (QED) is 0.264. The summed E-state index contributed by atoms with van der Waals surface area (Å²) in [6, 6.07) is 2.93. The van der Waals surface area contributed by atoms with Crippen molar-refractivity contribution >= 4 is 40.0 Å². The SMILES string of the molecule is CC(C)NS(=O)(=O)NC(=O)[C@@]12C[C@@H]1/C=C\CCCCC[C@H](CC(=O)OC1CCCC1)C(=O)N1C[C@H](OC(=O)N3Cc4cccc(F)c4C3)C[C@H]1C(=O)N2. The summed E-state index contributed by atoms with van der Waals surface area (Å²) in [4.78, 5) is 71.5. The van der Waals surface area contributed by atoms with Crippen molar-refractivity contribution in [1.29, 1.82) is 0 Å². The van der Waals surface area contributed by atoms with E-state index in [-0.39, 0.29) is 45.0 Å². The molecule has 6 rings (SSSR count). The van der Waals surface area contributed by atoms with Gasteiger partial charge < -0.3 is 19.7 Å². The average molecular weight is 760 g/mol. The van der Waals surface area contributed by atoms with E-state index in [1.54, 1.807) is 26.0 Å². The first-order valence-corrected chi connectivity index (χ1v) is 20.3. The van der Waals surface area contributed by atoms with Crippen molar-refractivity contribution in [2.45, 2.75) is 134 Å². The Labute approximate surface area is 309 Å². The van der Waals surface area contributed by atoms with E-state index in [1.807, 2.05) is 16.9 Å². The molecule has 2 saturated carbocycles. The molecule has 5 aliphatic rings. The van der Waals surface area contributed by atoms with Crippen LogP contribution in [0.25, 0.3) is 0 Å². The molecule has 3 fully saturated rings. The fraction of sp³-hybridized carbons (Fsp3) is 0.649.